The van der Waals surface area contributed by atoms with Gasteiger partial charge < -0.3 is 10.3 Å². The second-order valence-corrected chi connectivity index (χ2v) is 5.40. The monoisotopic (exact) mass is 312 g/mol. The fourth-order valence-corrected chi connectivity index (χ4v) is 3.35. The van der Waals surface area contributed by atoms with E-state index in [1.54, 1.807) is 6.07 Å². The molecule has 1 heterocycles. The molecule has 1 aliphatic rings. The van der Waals surface area contributed by atoms with Crippen LogP contribution in [0.2, 0.25) is 0 Å². The van der Waals surface area contributed by atoms with Crippen LogP contribution in [0.3, 0.4) is 0 Å². The summed E-state index contributed by atoms with van der Waals surface area (Å²) in [4.78, 5) is 25.5. The Morgan fingerprint density at radius 1 is 1.44 bits per heavy atom. The van der Waals surface area contributed by atoms with Crippen LogP contribution in [0.25, 0.3) is 0 Å². The van der Waals surface area contributed by atoms with Gasteiger partial charge in [-0.25, -0.2) is 0 Å². The summed E-state index contributed by atoms with van der Waals surface area (Å²) in [5.74, 6) is 1.04. The van der Waals surface area contributed by atoms with Crippen LogP contribution in [0.1, 0.15) is 29.6 Å². The normalized spacial score (nSPS) is 22.9. The summed E-state index contributed by atoms with van der Waals surface area (Å²) in [5, 5.41) is 3.92. The molecule has 1 aromatic heterocycles. The number of carbonyl (C=O) groups excluding carboxylic acids is 1. The molecule has 0 spiro atoms. The molecule has 18 heavy (non-hydrogen) atoms. The van der Waals surface area contributed by atoms with E-state index in [4.69, 9.17) is 0 Å². The zero-order chi connectivity index (χ0) is 13.0. The van der Waals surface area contributed by atoms with Crippen molar-refractivity contribution < 1.29 is 4.79 Å². The van der Waals surface area contributed by atoms with Crippen molar-refractivity contribution in [2.24, 2.45) is 11.8 Å². The molecular weight excluding hydrogens is 296 g/mol. The molecule has 0 aromatic carbocycles. The Morgan fingerprint density at radius 3 is 2.94 bits per heavy atom. The fraction of sp³-hybridized carbons (Fsp3) is 0.538. The predicted molar refractivity (Wildman–Crippen MR) is 74.0 cm³/mol. The summed E-state index contributed by atoms with van der Waals surface area (Å²) in [7, 11) is 0. The molecular formula is C13H17BrN2O2. The second-order valence-electron chi connectivity index (χ2n) is 4.76. The van der Waals surface area contributed by atoms with Crippen LogP contribution in [0.15, 0.2) is 23.1 Å². The predicted octanol–water partition coefficient (Wildman–Crippen LogP) is 1.92. The third kappa shape index (κ3) is 3.22. The van der Waals surface area contributed by atoms with Gasteiger partial charge >= 0.3 is 0 Å². The van der Waals surface area contributed by atoms with E-state index in [9.17, 15) is 9.59 Å². The van der Waals surface area contributed by atoms with Gasteiger partial charge in [0.15, 0.2) is 0 Å². The van der Waals surface area contributed by atoms with Gasteiger partial charge in [0.2, 0.25) is 5.56 Å². The molecule has 4 nitrogen and oxygen atoms in total. The van der Waals surface area contributed by atoms with Gasteiger partial charge in [-0.1, -0.05) is 22.4 Å². The summed E-state index contributed by atoms with van der Waals surface area (Å²) in [6.07, 6.45) is 5.14. The summed E-state index contributed by atoms with van der Waals surface area (Å²) in [6.45, 7) is 0.696. The minimum absolute atomic E-state index is 0.165. The van der Waals surface area contributed by atoms with E-state index >= 15 is 0 Å². The molecule has 1 amide bonds. The van der Waals surface area contributed by atoms with E-state index in [2.05, 4.69) is 26.2 Å². The van der Waals surface area contributed by atoms with Gasteiger partial charge in [0.05, 0.1) is 0 Å². The number of aromatic nitrogens is 1. The minimum Gasteiger partial charge on any atom is -0.352 e. The molecule has 5 heteroatoms. The average molecular weight is 313 g/mol. The van der Waals surface area contributed by atoms with Gasteiger partial charge in [0.25, 0.3) is 5.91 Å². The van der Waals surface area contributed by atoms with E-state index in [1.807, 2.05) is 0 Å². The molecule has 1 saturated carbocycles. The summed E-state index contributed by atoms with van der Waals surface area (Å²) in [5.41, 5.74) is 0.175. The first-order valence-corrected chi connectivity index (χ1v) is 7.35. The number of rotatable bonds is 4. The van der Waals surface area contributed by atoms with Crippen molar-refractivity contribution in [3.05, 3.63) is 34.2 Å². The number of hydrogen-bond donors (Lipinski definition) is 2. The van der Waals surface area contributed by atoms with E-state index < -0.39 is 0 Å². The maximum atomic E-state index is 11.9. The van der Waals surface area contributed by atoms with Crippen LogP contribution in [0.4, 0.5) is 0 Å². The maximum absolute atomic E-state index is 11.9. The van der Waals surface area contributed by atoms with Crippen LogP contribution in [-0.2, 0) is 0 Å². The zero-order valence-corrected chi connectivity index (χ0v) is 11.7. The molecule has 1 aromatic rings. The van der Waals surface area contributed by atoms with Gasteiger partial charge in [-0.2, -0.15) is 0 Å². The largest absolute Gasteiger partial charge is 0.352 e. The van der Waals surface area contributed by atoms with E-state index in [0.717, 1.165) is 5.33 Å². The van der Waals surface area contributed by atoms with Crippen molar-refractivity contribution in [2.75, 3.05) is 11.9 Å². The van der Waals surface area contributed by atoms with Crippen LogP contribution < -0.4 is 10.9 Å². The van der Waals surface area contributed by atoms with Crippen LogP contribution in [-0.4, -0.2) is 22.8 Å². The topological polar surface area (TPSA) is 62.0 Å². The molecule has 2 unspecified atom stereocenters. The van der Waals surface area contributed by atoms with Gasteiger partial charge in [-0.15, -0.1) is 0 Å². The smallest absolute Gasteiger partial charge is 0.251 e. The van der Waals surface area contributed by atoms with Crippen molar-refractivity contribution in [1.29, 1.82) is 0 Å². The van der Waals surface area contributed by atoms with Crippen LogP contribution in [0, 0.1) is 11.8 Å². The fourth-order valence-electron chi connectivity index (χ4n) is 2.50. The Hall–Kier alpha value is -1.10. The molecule has 0 bridgehead atoms. The lowest BCUT2D eigenvalue weighted by Gasteiger charge is -2.17. The Labute approximate surface area is 114 Å². The number of H-pyrrole nitrogens is 1. The zero-order valence-electron chi connectivity index (χ0n) is 10.1. The van der Waals surface area contributed by atoms with Gasteiger partial charge in [0.1, 0.15) is 0 Å². The van der Waals surface area contributed by atoms with E-state index in [0.29, 0.717) is 23.9 Å². The highest BCUT2D eigenvalue weighted by molar-refractivity contribution is 9.09. The highest BCUT2D eigenvalue weighted by Gasteiger charge is 2.26. The molecule has 98 valence electrons. The third-order valence-corrected chi connectivity index (χ3v) is 4.41. The first-order valence-electron chi connectivity index (χ1n) is 6.23. The van der Waals surface area contributed by atoms with Crippen molar-refractivity contribution in [1.82, 2.24) is 10.3 Å². The van der Waals surface area contributed by atoms with Crippen LogP contribution >= 0.6 is 15.9 Å². The molecule has 0 saturated heterocycles. The number of carbonyl (C=O) groups is 1. The lowest BCUT2D eigenvalue weighted by molar-refractivity contribution is 0.0944. The minimum atomic E-state index is -0.248. The molecule has 2 atom stereocenters. The lowest BCUT2D eigenvalue weighted by atomic mass is 9.98. The Kier molecular flexibility index (Phi) is 4.58. The third-order valence-electron chi connectivity index (χ3n) is 3.58. The maximum Gasteiger partial charge on any atom is 0.251 e. The quantitative estimate of drug-likeness (QED) is 0.834. The Balaban J connectivity index is 1.90. The van der Waals surface area contributed by atoms with Gasteiger partial charge in [0, 0.05) is 29.7 Å². The number of pyridine rings is 1. The lowest BCUT2D eigenvalue weighted by Crippen LogP contribution is -2.31. The van der Waals surface area contributed by atoms with Crippen molar-refractivity contribution in [3.8, 4) is 0 Å². The molecule has 0 radical (unpaired) electrons. The SMILES string of the molecule is O=C(NCC1CCCC1CBr)c1cc[nH]c(=O)c1. The highest BCUT2D eigenvalue weighted by atomic mass is 79.9. The number of halogens is 1. The molecule has 1 fully saturated rings. The van der Waals surface area contributed by atoms with Crippen molar-refractivity contribution in [2.45, 2.75) is 19.3 Å². The number of hydrogen-bond acceptors (Lipinski definition) is 2. The number of amides is 1. The number of alkyl halides is 1. The number of nitrogens with one attached hydrogen (secondary N) is 2. The molecule has 1 aliphatic carbocycles. The van der Waals surface area contributed by atoms with Gasteiger partial charge in [-0.3, -0.25) is 9.59 Å². The molecule has 2 rings (SSSR count). The summed E-state index contributed by atoms with van der Waals surface area (Å²) in [6, 6.07) is 2.94. The first kappa shape index (κ1) is 13.3. The first-order chi connectivity index (χ1) is 8.70. The number of aromatic amines is 1. The van der Waals surface area contributed by atoms with Crippen molar-refractivity contribution >= 4 is 21.8 Å². The summed E-state index contributed by atoms with van der Waals surface area (Å²) >= 11 is 3.52. The Bertz CT molecular complexity index is 472. The average Bonchev–Trinajstić information content (AvgIpc) is 2.83. The van der Waals surface area contributed by atoms with E-state index in [-0.39, 0.29) is 11.5 Å². The molecule has 0 aliphatic heterocycles. The second kappa shape index (κ2) is 6.18. The Morgan fingerprint density at radius 2 is 2.22 bits per heavy atom. The van der Waals surface area contributed by atoms with Crippen LogP contribution in [0.5, 0.6) is 0 Å². The van der Waals surface area contributed by atoms with Crippen molar-refractivity contribution in [3.63, 3.8) is 0 Å². The highest BCUT2D eigenvalue weighted by Crippen LogP contribution is 2.32. The van der Waals surface area contributed by atoms with Gasteiger partial charge in [-0.05, 0) is 30.7 Å². The summed E-state index contributed by atoms with van der Waals surface area (Å²) < 4.78 is 0. The van der Waals surface area contributed by atoms with E-state index in [1.165, 1.54) is 31.5 Å². The standard InChI is InChI=1S/C13H17BrN2O2/c14-7-10-2-1-3-11(10)8-16-13(18)9-4-5-15-12(17)6-9/h4-6,10-11H,1-3,7-8H2,(H,15,17)(H,16,18). The molecule has 2 N–H and O–H groups in total.